The molecule has 15 heavy (non-hydrogen) atoms. The Morgan fingerprint density at radius 2 is 2.27 bits per heavy atom. The zero-order valence-electron chi connectivity index (χ0n) is 8.24. The summed E-state index contributed by atoms with van der Waals surface area (Å²) in [7, 11) is 0. The van der Waals surface area contributed by atoms with Gasteiger partial charge >= 0.3 is 0 Å². The summed E-state index contributed by atoms with van der Waals surface area (Å²) < 4.78 is 15.9. The van der Waals surface area contributed by atoms with Crippen molar-refractivity contribution < 1.29 is 4.39 Å². The third-order valence-corrected chi connectivity index (χ3v) is 2.60. The quantitative estimate of drug-likeness (QED) is 0.819. The van der Waals surface area contributed by atoms with Gasteiger partial charge in [-0.15, -0.1) is 0 Å². The predicted octanol–water partition coefficient (Wildman–Crippen LogP) is 3.14. The zero-order chi connectivity index (χ0) is 10.8. The molecule has 2 aromatic rings. The van der Waals surface area contributed by atoms with Crippen LogP contribution in [0.2, 0.25) is 0 Å². The first-order valence-electron chi connectivity index (χ1n) is 4.58. The van der Waals surface area contributed by atoms with E-state index >= 15 is 0 Å². The number of halogens is 2. The van der Waals surface area contributed by atoms with Crippen molar-refractivity contribution in [1.82, 2.24) is 9.78 Å². The number of aromatic nitrogens is 2. The largest absolute Gasteiger partial charge is 0.268 e. The van der Waals surface area contributed by atoms with Crippen LogP contribution >= 0.6 is 15.9 Å². The van der Waals surface area contributed by atoms with Gasteiger partial charge in [-0.25, -0.2) is 4.39 Å². The van der Waals surface area contributed by atoms with Crippen LogP contribution < -0.4 is 0 Å². The molecule has 0 saturated carbocycles. The van der Waals surface area contributed by atoms with Crippen LogP contribution in [0.25, 0.3) is 0 Å². The molecule has 0 N–H and O–H groups in total. The Bertz CT molecular complexity index is 479. The van der Waals surface area contributed by atoms with Gasteiger partial charge in [-0.1, -0.05) is 22.0 Å². The van der Waals surface area contributed by atoms with Gasteiger partial charge in [-0.05, 0) is 24.6 Å². The molecule has 0 bridgehead atoms. The second-order valence-corrected chi connectivity index (χ2v) is 4.37. The van der Waals surface area contributed by atoms with Crippen molar-refractivity contribution in [2.45, 2.75) is 13.5 Å². The molecule has 1 aromatic heterocycles. The van der Waals surface area contributed by atoms with Crippen LogP contribution in [0.5, 0.6) is 0 Å². The van der Waals surface area contributed by atoms with E-state index in [2.05, 4.69) is 21.0 Å². The molecule has 0 unspecified atom stereocenters. The highest BCUT2D eigenvalue weighted by Gasteiger charge is 2.03. The summed E-state index contributed by atoms with van der Waals surface area (Å²) in [6.07, 6.45) is 3.65. The molecule has 0 aliphatic rings. The fraction of sp³-hybridized carbons (Fsp3) is 0.182. The van der Waals surface area contributed by atoms with E-state index in [1.54, 1.807) is 16.9 Å². The topological polar surface area (TPSA) is 17.8 Å². The van der Waals surface area contributed by atoms with Crippen LogP contribution in [0.15, 0.2) is 35.1 Å². The average molecular weight is 269 g/mol. The predicted molar refractivity (Wildman–Crippen MR) is 60.2 cm³/mol. The highest BCUT2D eigenvalue weighted by molar-refractivity contribution is 9.10. The van der Waals surface area contributed by atoms with Gasteiger partial charge in [0.2, 0.25) is 0 Å². The molecule has 1 heterocycles. The third-order valence-electron chi connectivity index (χ3n) is 2.11. The van der Waals surface area contributed by atoms with Gasteiger partial charge in [-0.3, -0.25) is 4.68 Å². The molecule has 4 heteroatoms. The molecule has 0 amide bonds. The Hall–Kier alpha value is -1.16. The minimum Gasteiger partial charge on any atom is -0.268 e. The van der Waals surface area contributed by atoms with E-state index in [0.29, 0.717) is 12.1 Å². The molecule has 2 rings (SSSR count). The van der Waals surface area contributed by atoms with E-state index in [1.807, 2.05) is 19.2 Å². The van der Waals surface area contributed by atoms with Gasteiger partial charge in [-0.2, -0.15) is 5.10 Å². The summed E-state index contributed by atoms with van der Waals surface area (Å²) in [5, 5.41) is 4.11. The SMILES string of the molecule is Cc1cnn(Cc2ccc(Br)cc2F)c1. The molecular weight excluding hydrogens is 259 g/mol. The van der Waals surface area contributed by atoms with Crippen LogP contribution in [-0.4, -0.2) is 9.78 Å². The highest BCUT2D eigenvalue weighted by atomic mass is 79.9. The molecule has 0 aliphatic heterocycles. The number of hydrogen-bond donors (Lipinski definition) is 0. The first-order valence-corrected chi connectivity index (χ1v) is 5.37. The van der Waals surface area contributed by atoms with Gasteiger partial charge in [0.25, 0.3) is 0 Å². The number of hydrogen-bond acceptors (Lipinski definition) is 1. The minimum atomic E-state index is -0.211. The molecule has 0 radical (unpaired) electrons. The lowest BCUT2D eigenvalue weighted by atomic mass is 10.2. The molecule has 0 fully saturated rings. The summed E-state index contributed by atoms with van der Waals surface area (Å²) in [5.74, 6) is -0.211. The Kier molecular flexibility index (Phi) is 2.86. The monoisotopic (exact) mass is 268 g/mol. The summed E-state index contributed by atoms with van der Waals surface area (Å²) in [5.41, 5.74) is 1.72. The van der Waals surface area contributed by atoms with Crippen molar-refractivity contribution in [3.8, 4) is 0 Å². The van der Waals surface area contributed by atoms with Crippen LogP contribution in [0.4, 0.5) is 4.39 Å². The molecule has 0 saturated heterocycles. The summed E-state index contributed by atoms with van der Waals surface area (Å²) >= 11 is 3.22. The van der Waals surface area contributed by atoms with E-state index in [9.17, 15) is 4.39 Å². The molecule has 0 atom stereocenters. The second kappa shape index (κ2) is 4.14. The van der Waals surface area contributed by atoms with Crippen LogP contribution in [0, 0.1) is 12.7 Å². The third kappa shape index (κ3) is 2.45. The second-order valence-electron chi connectivity index (χ2n) is 3.45. The smallest absolute Gasteiger partial charge is 0.129 e. The van der Waals surface area contributed by atoms with Gasteiger partial charge in [0.05, 0.1) is 12.7 Å². The van der Waals surface area contributed by atoms with Gasteiger partial charge in [0.1, 0.15) is 5.82 Å². The van der Waals surface area contributed by atoms with Crippen LogP contribution in [0.1, 0.15) is 11.1 Å². The number of rotatable bonds is 2. The normalized spacial score (nSPS) is 10.6. The average Bonchev–Trinajstić information content (AvgIpc) is 2.56. The summed E-state index contributed by atoms with van der Waals surface area (Å²) in [4.78, 5) is 0. The molecule has 0 spiro atoms. The van der Waals surface area contributed by atoms with Crippen LogP contribution in [0.3, 0.4) is 0 Å². The molecular formula is C11H10BrFN2. The molecule has 0 aliphatic carbocycles. The number of aryl methyl sites for hydroxylation is 1. The lowest BCUT2D eigenvalue weighted by molar-refractivity contribution is 0.584. The fourth-order valence-electron chi connectivity index (χ4n) is 1.38. The van der Waals surface area contributed by atoms with Crippen molar-refractivity contribution in [3.05, 3.63) is 52.0 Å². The van der Waals surface area contributed by atoms with E-state index in [0.717, 1.165) is 10.0 Å². The van der Waals surface area contributed by atoms with Crippen molar-refractivity contribution >= 4 is 15.9 Å². The number of nitrogens with zero attached hydrogens (tertiary/aromatic N) is 2. The molecule has 78 valence electrons. The molecule has 1 aromatic carbocycles. The maximum Gasteiger partial charge on any atom is 0.129 e. The van der Waals surface area contributed by atoms with E-state index in [4.69, 9.17) is 0 Å². The lowest BCUT2D eigenvalue weighted by Gasteiger charge is -2.03. The van der Waals surface area contributed by atoms with Crippen molar-refractivity contribution in [2.24, 2.45) is 0 Å². The van der Waals surface area contributed by atoms with Crippen molar-refractivity contribution in [2.75, 3.05) is 0 Å². The minimum absolute atomic E-state index is 0.211. The fourth-order valence-corrected chi connectivity index (χ4v) is 1.71. The first kappa shape index (κ1) is 10.4. The lowest BCUT2D eigenvalue weighted by Crippen LogP contribution is -2.02. The van der Waals surface area contributed by atoms with E-state index < -0.39 is 0 Å². The van der Waals surface area contributed by atoms with Crippen molar-refractivity contribution in [1.29, 1.82) is 0 Å². The Balaban J connectivity index is 2.24. The van der Waals surface area contributed by atoms with Gasteiger partial charge in [0, 0.05) is 16.2 Å². The van der Waals surface area contributed by atoms with E-state index in [-0.39, 0.29) is 5.82 Å². The maximum atomic E-state index is 13.5. The standard InChI is InChI=1S/C11H10BrFN2/c1-8-5-14-15(6-8)7-9-2-3-10(12)4-11(9)13/h2-6H,7H2,1H3. The highest BCUT2D eigenvalue weighted by Crippen LogP contribution is 2.16. The Morgan fingerprint density at radius 1 is 1.47 bits per heavy atom. The summed E-state index contributed by atoms with van der Waals surface area (Å²) in [6.45, 7) is 2.42. The van der Waals surface area contributed by atoms with Crippen LogP contribution in [-0.2, 0) is 6.54 Å². The van der Waals surface area contributed by atoms with Crippen molar-refractivity contribution in [3.63, 3.8) is 0 Å². The number of benzene rings is 1. The zero-order valence-corrected chi connectivity index (χ0v) is 9.83. The summed E-state index contributed by atoms with van der Waals surface area (Å²) in [6, 6.07) is 5.05. The van der Waals surface area contributed by atoms with E-state index in [1.165, 1.54) is 6.07 Å². The van der Waals surface area contributed by atoms with Gasteiger partial charge < -0.3 is 0 Å². The Morgan fingerprint density at radius 3 is 2.87 bits per heavy atom. The first-order chi connectivity index (χ1) is 7.15. The molecule has 2 nitrogen and oxygen atoms in total. The van der Waals surface area contributed by atoms with Gasteiger partial charge in [0.15, 0.2) is 0 Å². The Labute approximate surface area is 95.9 Å². The maximum absolute atomic E-state index is 13.5.